The Morgan fingerprint density at radius 3 is 2.10 bits per heavy atom. The SMILES string of the molecule is COc1ccc(C2Nc3ccccc3C(=O)N2c2ccc(OC)cc2OC)c(OC)c1. The first-order valence-electron chi connectivity index (χ1n) is 9.74. The van der Waals surface area contributed by atoms with Crippen molar-refractivity contribution < 1.29 is 23.7 Å². The van der Waals surface area contributed by atoms with Gasteiger partial charge in [0.25, 0.3) is 5.91 Å². The number of rotatable bonds is 6. The lowest BCUT2D eigenvalue weighted by atomic mass is 10.0. The summed E-state index contributed by atoms with van der Waals surface area (Å²) in [6.45, 7) is 0. The molecule has 1 heterocycles. The van der Waals surface area contributed by atoms with Crippen molar-refractivity contribution in [2.24, 2.45) is 0 Å². The molecular formula is C24H24N2O5. The van der Waals surface area contributed by atoms with E-state index in [1.54, 1.807) is 57.6 Å². The van der Waals surface area contributed by atoms with Gasteiger partial charge in [-0.2, -0.15) is 0 Å². The van der Waals surface area contributed by atoms with Gasteiger partial charge in [-0.05, 0) is 36.4 Å². The Hall–Kier alpha value is -3.87. The highest BCUT2D eigenvalue weighted by Gasteiger charge is 2.37. The molecule has 0 radical (unpaired) electrons. The molecule has 1 aliphatic heterocycles. The molecule has 1 aliphatic rings. The molecule has 7 heteroatoms. The number of hydrogen-bond acceptors (Lipinski definition) is 6. The third kappa shape index (κ3) is 3.59. The Balaban J connectivity index is 1.91. The van der Waals surface area contributed by atoms with Crippen LogP contribution < -0.4 is 29.2 Å². The summed E-state index contributed by atoms with van der Waals surface area (Å²) in [7, 11) is 6.34. The minimum atomic E-state index is -0.537. The molecule has 31 heavy (non-hydrogen) atoms. The van der Waals surface area contributed by atoms with Crippen LogP contribution in [0, 0.1) is 0 Å². The second kappa shape index (κ2) is 8.47. The molecule has 0 aromatic heterocycles. The number of fused-ring (bicyclic) bond motifs is 1. The average molecular weight is 420 g/mol. The number of anilines is 2. The zero-order chi connectivity index (χ0) is 22.0. The van der Waals surface area contributed by atoms with Crippen molar-refractivity contribution in [3.63, 3.8) is 0 Å². The van der Waals surface area contributed by atoms with E-state index in [1.165, 1.54) is 0 Å². The summed E-state index contributed by atoms with van der Waals surface area (Å²) in [4.78, 5) is 15.4. The Labute approximate surface area is 181 Å². The van der Waals surface area contributed by atoms with E-state index in [4.69, 9.17) is 18.9 Å². The van der Waals surface area contributed by atoms with Gasteiger partial charge in [0, 0.05) is 23.4 Å². The van der Waals surface area contributed by atoms with Crippen molar-refractivity contribution in [3.8, 4) is 23.0 Å². The average Bonchev–Trinajstić information content (AvgIpc) is 2.83. The maximum Gasteiger partial charge on any atom is 0.262 e. The van der Waals surface area contributed by atoms with Gasteiger partial charge in [-0.15, -0.1) is 0 Å². The molecule has 0 bridgehead atoms. The Morgan fingerprint density at radius 1 is 0.774 bits per heavy atom. The summed E-state index contributed by atoms with van der Waals surface area (Å²) in [5.74, 6) is 2.27. The topological polar surface area (TPSA) is 69.3 Å². The van der Waals surface area contributed by atoms with E-state index in [9.17, 15) is 4.79 Å². The van der Waals surface area contributed by atoms with Gasteiger partial charge >= 0.3 is 0 Å². The molecule has 1 N–H and O–H groups in total. The number of para-hydroxylation sites is 1. The predicted octanol–water partition coefficient (Wildman–Crippen LogP) is 4.49. The van der Waals surface area contributed by atoms with Gasteiger partial charge in [-0.1, -0.05) is 12.1 Å². The monoisotopic (exact) mass is 420 g/mol. The van der Waals surface area contributed by atoms with Crippen LogP contribution in [0.3, 0.4) is 0 Å². The molecule has 1 atom stereocenters. The molecular weight excluding hydrogens is 396 g/mol. The van der Waals surface area contributed by atoms with Gasteiger partial charge < -0.3 is 24.3 Å². The van der Waals surface area contributed by atoms with Gasteiger partial charge in [0.05, 0.1) is 39.7 Å². The first-order valence-corrected chi connectivity index (χ1v) is 9.74. The van der Waals surface area contributed by atoms with Gasteiger partial charge in [-0.25, -0.2) is 0 Å². The van der Waals surface area contributed by atoms with Crippen LogP contribution in [0.4, 0.5) is 11.4 Å². The molecule has 160 valence electrons. The quantitative estimate of drug-likeness (QED) is 0.634. The minimum absolute atomic E-state index is 0.152. The Morgan fingerprint density at radius 2 is 1.42 bits per heavy atom. The summed E-state index contributed by atoms with van der Waals surface area (Å²) in [6.07, 6.45) is -0.537. The number of carbonyl (C=O) groups excluding carboxylic acids is 1. The molecule has 0 fully saturated rings. The lowest BCUT2D eigenvalue weighted by Gasteiger charge is -2.39. The number of nitrogens with zero attached hydrogens (tertiary/aromatic N) is 1. The number of nitrogens with one attached hydrogen (secondary N) is 1. The molecule has 0 saturated carbocycles. The summed E-state index contributed by atoms with van der Waals surface area (Å²) in [5, 5.41) is 3.48. The lowest BCUT2D eigenvalue weighted by Crippen LogP contribution is -2.43. The van der Waals surface area contributed by atoms with Crippen LogP contribution in [0.1, 0.15) is 22.1 Å². The Bertz CT molecular complexity index is 1110. The van der Waals surface area contributed by atoms with Crippen molar-refractivity contribution in [2.75, 3.05) is 38.7 Å². The van der Waals surface area contributed by atoms with Gasteiger partial charge in [-0.3, -0.25) is 9.69 Å². The minimum Gasteiger partial charge on any atom is -0.497 e. The second-order valence-corrected chi connectivity index (χ2v) is 6.91. The highest BCUT2D eigenvalue weighted by atomic mass is 16.5. The standard InChI is InChI=1S/C24H24N2O5/c1-28-15-9-11-18(21(13-15)30-3)23-25-19-8-6-5-7-17(19)24(27)26(23)20-12-10-16(29-2)14-22(20)31-4/h5-14,23,25H,1-4H3. The molecule has 1 unspecified atom stereocenters. The molecule has 3 aromatic carbocycles. The van der Waals surface area contributed by atoms with Crippen molar-refractivity contribution >= 4 is 17.3 Å². The van der Waals surface area contributed by atoms with Gasteiger partial charge in [0.2, 0.25) is 0 Å². The zero-order valence-electron chi connectivity index (χ0n) is 17.8. The molecule has 1 amide bonds. The zero-order valence-corrected chi connectivity index (χ0v) is 17.8. The first-order chi connectivity index (χ1) is 15.1. The number of ether oxygens (including phenoxy) is 4. The summed E-state index contributed by atoms with van der Waals surface area (Å²) >= 11 is 0. The van der Waals surface area contributed by atoms with Crippen LogP contribution in [0.15, 0.2) is 60.7 Å². The molecule has 7 nitrogen and oxygen atoms in total. The smallest absolute Gasteiger partial charge is 0.262 e. The van der Waals surface area contributed by atoms with E-state index < -0.39 is 6.17 Å². The fraction of sp³-hybridized carbons (Fsp3) is 0.208. The van der Waals surface area contributed by atoms with Crippen molar-refractivity contribution in [1.29, 1.82) is 0 Å². The summed E-state index contributed by atoms with van der Waals surface area (Å²) in [6, 6.07) is 18.3. The number of methoxy groups -OCH3 is 4. The van der Waals surface area contributed by atoms with E-state index in [1.807, 2.05) is 36.4 Å². The fourth-order valence-electron chi connectivity index (χ4n) is 3.75. The van der Waals surface area contributed by atoms with Crippen molar-refractivity contribution in [2.45, 2.75) is 6.17 Å². The van der Waals surface area contributed by atoms with E-state index >= 15 is 0 Å². The Kier molecular flexibility index (Phi) is 5.58. The fourth-order valence-corrected chi connectivity index (χ4v) is 3.75. The number of amides is 1. The summed E-state index contributed by atoms with van der Waals surface area (Å²) in [5.41, 5.74) is 2.71. The first kappa shape index (κ1) is 20.4. The number of hydrogen-bond donors (Lipinski definition) is 1. The van der Waals surface area contributed by atoms with Crippen LogP contribution in [0.2, 0.25) is 0 Å². The van der Waals surface area contributed by atoms with E-state index in [0.29, 0.717) is 34.2 Å². The molecule has 0 saturated heterocycles. The third-order valence-corrected chi connectivity index (χ3v) is 5.31. The maximum atomic E-state index is 13.7. The third-order valence-electron chi connectivity index (χ3n) is 5.31. The highest BCUT2D eigenvalue weighted by molar-refractivity contribution is 6.12. The molecule has 0 aliphatic carbocycles. The molecule has 3 aromatic rings. The van der Waals surface area contributed by atoms with Crippen LogP contribution in [0.5, 0.6) is 23.0 Å². The molecule has 0 spiro atoms. The molecule has 4 rings (SSSR count). The second-order valence-electron chi connectivity index (χ2n) is 6.91. The van der Waals surface area contributed by atoms with E-state index in [0.717, 1.165) is 11.3 Å². The highest BCUT2D eigenvalue weighted by Crippen LogP contribution is 2.44. The normalized spacial score (nSPS) is 15.0. The largest absolute Gasteiger partial charge is 0.497 e. The van der Waals surface area contributed by atoms with E-state index in [-0.39, 0.29) is 5.91 Å². The van der Waals surface area contributed by atoms with Crippen LogP contribution in [-0.2, 0) is 0 Å². The van der Waals surface area contributed by atoms with E-state index in [2.05, 4.69) is 5.32 Å². The number of benzene rings is 3. The van der Waals surface area contributed by atoms with Crippen LogP contribution >= 0.6 is 0 Å². The van der Waals surface area contributed by atoms with Crippen LogP contribution in [-0.4, -0.2) is 34.3 Å². The predicted molar refractivity (Wildman–Crippen MR) is 119 cm³/mol. The lowest BCUT2D eigenvalue weighted by molar-refractivity contribution is 0.0974. The number of carbonyl (C=O) groups is 1. The van der Waals surface area contributed by atoms with Crippen molar-refractivity contribution in [3.05, 3.63) is 71.8 Å². The van der Waals surface area contributed by atoms with Crippen molar-refractivity contribution in [1.82, 2.24) is 0 Å². The summed E-state index contributed by atoms with van der Waals surface area (Å²) < 4.78 is 21.9. The van der Waals surface area contributed by atoms with Gasteiger partial charge in [0.15, 0.2) is 0 Å². The maximum absolute atomic E-state index is 13.7. The van der Waals surface area contributed by atoms with Crippen LogP contribution in [0.25, 0.3) is 0 Å². The van der Waals surface area contributed by atoms with Gasteiger partial charge in [0.1, 0.15) is 29.2 Å².